The highest BCUT2D eigenvalue weighted by atomic mass is 79.9. The van der Waals surface area contributed by atoms with E-state index in [2.05, 4.69) is 113 Å². The topological polar surface area (TPSA) is 0 Å². The summed E-state index contributed by atoms with van der Waals surface area (Å²) in [5.41, 5.74) is 9.39. The zero-order valence-corrected chi connectivity index (χ0v) is 15.8. The van der Waals surface area contributed by atoms with E-state index in [0.29, 0.717) is 5.92 Å². The lowest BCUT2D eigenvalue weighted by Crippen LogP contribution is -1.98. The molecular formula is C25H17Br. The highest BCUT2D eigenvalue weighted by molar-refractivity contribution is 9.10. The number of rotatable bonds is 2. The van der Waals surface area contributed by atoms with Gasteiger partial charge in [-0.2, -0.15) is 0 Å². The number of hydrogen-bond acceptors (Lipinski definition) is 0. The summed E-state index contributed by atoms with van der Waals surface area (Å²) in [6.45, 7) is 0. The first-order valence-electron chi connectivity index (χ1n) is 8.85. The molecule has 0 atom stereocenters. The van der Waals surface area contributed by atoms with Crippen molar-refractivity contribution in [3.63, 3.8) is 0 Å². The van der Waals surface area contributed by atoms with E-state index in [1.807, 2.05) is 0 Å². The average molecular weight is 397 g/mol. The molecule has 0 aromatic heterocycles. The van der Waals surface area contributed by atoms with Crippen LogP contribution in [0.4, 0.5) is 0 Å². The zero-order chi connectivity index (χ0) is 17.5. The second-order valence-electron chi connectivity index (χ2n) is 6.74. The average Bonchev–Trinajstić information content (AvgIpc) is 3.03. The monoisotopic (exact) mass is 396 g/mol. The molecule has 0 unspecified atom stereocenters. The number of halogens is 1. The van der Waals surface area contributed by atoms with Gasteiger partial charge in [0.2, 0.25) is 0 Å². The van der Waals surface area contributed by atoms with Crippen molar-refractivity contribution in [1.29, 1.82) is 0 Å². The van der Waals surface area contributed by atoms with Gasteiger partial charge in [-0.1, -0.05) is 101 Å². The van der Waals surface area contributed by atoms with Crippen molar-refractivity contribution >= 4 is 15.9 Å². The van der Waals surface area contributed by atoms with Gasteiger partial charge in [-0.25, -0.2) is 0 Å². The fourth-order valence-electron chi connectivity index (χ4n) is 4.03. The highest BCUT2D eigenvalue weighted by Gasteiger charge is 2.28. The maximum Gasteiger partial charge on any atom is 0.0352 e. The summed E-state index contributed by atoms with van der Waals surface area (Å²) in [7, 11) is 0. The smallest absolute Gasteiger partial charge is 0.0352 e. The van der Waals surface area contributed by atoms with Gasteiger partial charge in [0.1, 0.15) is 0 Å². The van der Waals surface area contributed by atoms with Crippen molar-refractivity contribution in [1.82, 2.24) is 0 Å². The molecule has 0 nitrogen and oxygen atoms in total. The van der Waals surface area contributed by atoms with Crippen molar-refractivity contribution in [2.75, 3.05) is 0 Å². The van der Waals surface area contributed by atoms with Crippen molar-refractivity contribution in [3.05, 3.63) is 118 Å². The van der Waals surface area contributed by atoms with E-state index < -0.39 is 0 Å². The van der Waals surface area contributed by atoms with Crippen molar-refractivity contribution in [2.24, 2.45) is 0 Å². The maximum atomic E-state index is 3.51. The molecule has 0 fully saturated rings. The predicted octanol–water partition coefficient (Wildman–Crippen LogP) is 7.28. The van der Waals surface area contributed by atoms with Crippen LogP contribution in [0.2, 0.25) is 0 Å². The molecule has 0 bridgehead atoms. The van der Waals surface area contributed by atoms with Gasteiger partial charge in [-0.05, 0) is 51.1 Å². The van der Waals surface area contributed by atoms with Crippen LogP contribution in [0.5, 0.6) is 0 Å². The van der Waals surface area contributed by atoms with Gasteiger partial charge < -0.3 is 0 Å². The molecule has 26 heavy (non-hydrogen) atoms. The van der Waals surface area contributed by atoms with Gasteiger partial charge >= 0.3 is 0 Å². The lowest BCUT2D eigenvalue weighted by atomic mass is 9.88. The normalized spacial score (nSPS) is 12.7. The van der Waals surface area contributed by atoms with E-state index in [4.69, 9.17) is 0 Å². The number of fused-ring (bicyclic) bond motifs is 3. The van der Waals surface area contributed by atoms with E-state index in [1.54, 1.807) is 0 Å². The van der Waals surface area contributed by atoms with E-state index in [9.17, 15) is 0 Å². The Kier molecular flexibility index (Phi) is 3.76. The van der Waals surface area contributed by atoms with Crippen molar-refractivity contribution < 1.29 is 0 Å². The van der Waals surface area contributed by atoms with Crippen LogP contribution in [0.1, 0.15) is 22.6 Å². The molecule has 1 aliphatic rings. The van der Waals surface area contributed by atoms with Crippen LogP contribution in [0.15, 0.2) is 102 Å². The Bertz CT molecular complexity index is 1030. The lowest BCUT2D eigenvalue weighted by Gasteiger charge is -2.15. The number of benzene rings is 4. The zero-order valence-electron chi connectivity index (χ0n) is 14.2. The van der Waals surface area contributed by atoms with Crippen LogP contribution in [0, 0.1) is 0 Å². The van der Waals surface area contributed by atoms with Gasteiger partial charge in [-0.15, -0.1) is 0 Å². The molecule has 0 heterocycles. The predicted molar refractivity (Wildman–Crippen MR) is 112 cm³/mol. The molecule has 0 N–H and O–H groups in total. The highest BCUT2D eigenvalue weighted by Crippen LogP contribution is 2.47. The summed E-state index contributed by atoms with van der Waals surface area (Å²) in [5, 5.41) is 0. The van der Waals surface area contributed by atoms with Crippen molar-refractivity contribution in [2.45, 2.75) is 5.92 Å². The van der Waals surface area contributed by atoms with Gasteiger partial charge in [-0.3, -0.25) is 0 Å². The summed E-state index contributed by atoms with van der Waals surface area (Å²) in [5.74, 6) is 0.321. The minimum atomic E-state index is 0.321. The third-order valence-corrected chi connectivity index (χ3v) is 5.78. The van der Waals surface area contributed by atoms with Crippen molar-refractivity contribution in [3.8, 4) is 22.3 Å². The van der Waals surface area contributed by atoms with Gasteiger partial charge in [0, 0.05) is 10.4 Å². The Morgan fingerprint density at radius 2 is 0.962 bits per heavy atom. The first-order chi connectivity index (χ1) is 12.8. The first-order valence-corrected chi connectivity index (χ1v) is 9.65. The van der Waals surface area contributed by atoms with Crippen LogP contribution in [0.3, 0.4) is 0 Å². The Morgan fingerprint density at radius 3 is 1.50 bits per heavy atom. The minimum absolute atomic E-state index is 0.321. The van der Waals surface area contributed by atoms with Crippen LogP contribution in [-0.4, -0.2) is 0 Å². The fraction of sp³-hybridized carbons (Fsp3) is 0.0400. The van der Waals surface area contributed by atoms with Crippen LogP contribution < -0.4 is 0 Å². The SMILES string of the molecule is Brc1ccc(-c2ccc(C3c4ccccc4-c4ccccc43)cc2)cc1. The van der Waals surface area contributed by atoms with Crippen LogP contribution >= 0.6 is 15.9 Å². The number of hydrogen-bond donors (Lipinski definition) is 0. The van der Waals surface area contributed by atoms with Gasteiger partial charge in [0.05, 0.1) is 0 Å². The molecule has 0 spiro atoms. The molecule has 4 aromatic carbocycles. The lowest BCUT2D eigenvalue weighted by molar-refractivity contribution is 1.02. The van der Waals surface area contributed by atoms with Crippen LogP contribution in [0.25, 0.3) is 22.3 Å². The Hall–Kier alpha value is -2.64. The van der Waals surface area contributed by atoms with Crippen LogP contribution in [-0.2, 0) is 0 Å². The van der Waals surface area contributed by atoms with Gasteiger partial charge in [0.25, 0.3) is 0 Å². The molecule has 4 aromatic rings. The summed E-state index contributed by atoms with van der Waals surface area (Å²) >= 11 is 3.51. The summed E-state index contributed by atoms with van der Waals surface area (Å²) in [6.07, 6.45) is 0. The molecule has 5 rings (SSSR count). The first kappa shape index (κ1) is 15.6. The second-order valence-corrected chi connectivity index (χ2v) is 7.65. The Labute approximate surface area is 162 Å². The minimum Gasteiger partial charge on any atom is -0.0619 e. The molecule has 0 radical (unpaired) electrons. The largest absolute Gasteiger partial charge is 0.0619 e. The third-order valence-electron chi connectivity index (χ3n) is 5.26. The Balaban J connectivity index is 1.59. The van der Waals surface area contributed by atoms with E-state index in [1.165, 1.54) is 38.9 Å². The molecular weight excluding hydrogens is 380 g/mol. The molecule has 0 saturated carbocycles. The summed E-state index contributed by atoms with van der Waals surface area (Å²) < 4.78 is 1.11. The fourth-order valence-corrected chi connectivity index (χ4v) is 4.29. The molecule has 124 valence electrons. The van der Waals surface area contributed by atoms with E-state index >= 15 is 0 Å². The molecule has 1 aliphatic carbocycles. The Morgan fingerprint density at radius 1 is 0.500 bits per heavy atom. The second kappa shape index (κ2) is 6.26. The summed E-state index contributed by atoms with van der Waals surface area (Å²) in [6, 6.07) is 35.1. The quantitative estimate of drug-likeness (QED) is 0.294. The van der Waals surface area contributed by atoms with E-state index in [0.717, 1.165) is 4.47 Å². The molecule has 1 heteroatoms. The molecule has 0 aliphatic heterocycles. The summed E-state index contributed by atoms with van der Waals surface area (Å²) in [4.78, 5) is 0. The third kappa shape index (κ3) is 2.51. The van der Waals surface area contributed by atoms with Gasteiger partial charge in [0.15, 0.2) is 0 Å². The standard InChI is InChI=1S/C25H17Br/c26-20-15-13-18(14-16-20)17-9-11-19(12-10-17)25-23-7-3-1-5-21(23)22-6-2-4-8-24(22)25/h1-16,25H. The molecule has 0 saturated heterocycles. The molecule has 0 amide bonds. The van der Waals surface area contributed by atoms with E-state index in [-0.39, 0.29) is 0 Å². The maximum absolute atomic E-state index is 3.51.